The number of carbonyl (C=O) groups excluding carboxylic acids is 2. The van der Waals surface area contributed by atoms with E-state index in [1.807, 2.05) is 6.07 Å². The Labute approximate surface area is 187 Å². The van der Waals surface area contributed by atoms with Crippen LogP contribution in [-0.4, -0.2) is 28.8 Å². The van der Waals surface area contributed by atoms with Crippen molar-refractivity contribution in [3.63, 3.8) is 0 Å². The summed E-state index contributed by atoms with van der Waals surface area (Å²) >= 11 is 0. The van der Waals surface area contributed by atoms with Crippen LogP contribution in [0, 0.1) is 0 Å². The summed E-state index contributed by atoms with van der Waals surface area (Å²) in [6.45, 7) is 0. The highest BCUT2D eigenvalue weighted by molar-refractivity contribution is 6.11. The monoisotopic (exact) mass is 439 g/mol. The van der Waals surface area contributed by atoms with E-state index in [1.54, 1.807) is 72.8 Å². The number of nitrogens with zero attached hydrogens (tertiary/aromatic N) is 2. The van der Waals surface area contributed by atoms with Crippen LogP contribution in [0.2, 0.25) is 0 Å². The molecular formula is C25H17N3O5. The number of rotatable bonds is 4. The molecular weight excluding hydrogens is 422 g/mol. The maximum atomic E-state index is 13.2. The van der Waals surface area contributed by atoms with Gasteiger partial charge < -0.3 is 14.5 Å². The lowest BCUT2D eigenvalue weighted by atomic mass is 10.1. The third kappa shape index (κ3) is 3.63. The Kier molecular flexibility index (Phi) is 4.95. The molecule has 0 saturated carbocycles. The number of amides is 1. The minimum Gasteiger partial charge on any atom is -0.463 e. The second kappa shape index (κ2) is 8.08. The zero-order valence-electron chi connectivity index (χ0n) is 17.4. The molecule has 0 fully saturated rings. The Morgan fingerprint density at radius 2 is 1.67 bits per heavy atom. The van der Waals surface area contributed by atoms with Crippen LogP contribution in [0.15, 0.2) is 88.1 Å². The first kappa shape index (κ1) is 20.2. The van der Waals surface area contributed by atoms with Crippen LogP contribution in [-0.2, 0) is 4.74 Å². The molecule has 1 amide bonds. The quantitative estimate of drug-likeness (QED) is 0.422. The number of hydrogen-bond donors (Lipinski definition) is 1. The fourth-order valence-electron chi connectivity index (χ4n) is 3.61. The number of fused-ring (bicyclic) bond motifs is 2. The molecule has 0 radical (unpaired) electrons. The number of ether oxygens (including phenoxy) is 1. The number of methoxy groups -OCH3 is 1. The fourth-order valence-corrected chi connectivity index (χ4v) is 3.61. The molecule has 162 valence electrons. The second-order valence-electron chi connectivity index (χ2n) is 7.26. The first-order valence-electron chi connectivity index (χ1n) is 10.1. The predicted octanol–water partition coefficient (Wildman–Crippen LogP) is 4.17. The summed E-state index contributed by atoms with van der Waals surface area (Å²) in [5.41, 5.74) is 1.31. The molecule has 8 nitrogen and oxygen atoms in total. The maximum Gasteiger partial charge on any atom is 0.373 e. The van der Waals surface area contributed by atoms with E-state index in [4.69, 9.17) is 4.42 Å². The smallest absolute Gasteiger partial charge is 0.373 e. The average Bonchev–Trinajstić information content (AvgIpc) is 3.28. The van der Waals surface area contributed by atoms with Crippen LogP contribution in [0.4, 0.5) is 5.69 Å². The fraction of sp³-hybridized carbons (Fsp3) is 0.0400. The molecule has 0 bridgehead atoms. The van der Waals surface area contributed by atoms with Gasteiger partial charge in [-0.15, -0.1) is 0 Å². The summed E-state index contributed by atoms with van der Waals surface area (Å²) in [7, 11) is 1.27. The van der Waals surface area contributed by atoms with E-state index in [9.17, 15) is 14.4 Å². The third-order valence-corrected chi connectivity index (χ3v) is 5.18. The number of furan rings is 1. The summed E-state index contributed by atoms with van der Waals surface area (Å²) in [6, 6.07) is 22.3. The lowest BCUT2D eigenvalue weighted by molar-refractivity contribution is 0.0567. The molecule has 3 aromatic carbocycles. The van der Waals surface area contributed by atoms with Crippen molar-refractivity contribution in [2.75, 3.05) is 12.4 Å². The van der Waals surface area contributed by atoms with Gasteiger partial charge in [0.25, 0.3) is 11.5 Å². The first-order valence-corrected chi connectivity index (χ1v) is 10.1. The summed E-state index contributed by atoms with van der Waals surface area (Å²) in [5, 5.41) is 8.66. The minimum absolute atomic E-state index is 0.0681. The maximum absolute atomic E-state index is 13.2. The van der Waals surface area contributed by atoms with E-state index < -0.39 is 11.9 Å². The predicted molar refractivity (Wildman–Crippen MR) is 123 cm³/mol. The molecule has 33 heavy (non-hydrogen) atoms. The Morgan fingerprint density at radius 3 is 2.42 bits per heavy atom. The SMILES string of the molecule is COC(=O)c1cc2cc(NC(=O)c3nn(-c4ccccc4)c(=O)c4ccccc34)ccc2o1. The summed E-state index contributed by atoms with van der Waals surface area (Å²) in [6.07, 6.45) is 0. The zero-order chi connectivity index (χ0) is 22.9. The molecule has 1 N–H and O–H groups in total. The zero-order valence-corrected chi connectivity index (χ0v) is 17.4. The molecule has 0 saturated heterocycles. The number of para-hydroxylation sites is 1. The van der Waals surface area contributed by atoms with Gasteiger partial charge in [0.05, 0.1) is 18.2 Å². The molecule has 0 aliphatic heterocycles. The average molecular weight is 439 g/mol. The van der Waals surface area contributed by atoms with Crippen molar-refractivity contribution in [3.8, 4) is 5.69 Å². The van der Waals surface area contributed by atoms with Gasteiger partial charge in [0, 0.05) is 16.5 Å². The topological polar surface area (TPSA) is 103 Å². The lowest BCUT2D eigenvalue weighted by Gasteiger charge is -2.11. The van der Waals surface area contributed by atoms with E-state index in [2.05, 4.69) is 15.2 Å². The Bertz CT molecular complexity index is 1580. The van der Waals surface area contributed by atoms with Gasteiger partial charge in [0.1, 0.15) is 5.58 Å². The van der Waals surface area contributed by atoms with E-state index >= 15 is 0 Å². The van der Waals surface area contributed by atoms with Gasteiger partial charge in [-0.2, -0.15) is 9.78 Å². The van der Waals surface area contributed by atoms with Crippen LogP contribution >= 0.6 is 0 Å². The van der Waals surface area contributed by atoms with Crippen molar-refractivity contribution in [3.05, 3.63) is 101 Å². The van der Waals surface area contributed by atoms with Gasteiger partial charge in [-0.25, -0.2) is 4.79 Å². The molecule has 8 heteroatoms. The van der Waals surface area contributed by atoms with Crippen LogP contribution in [0.5, 0.6) is 0 Å². The Hall–Kier alpha value is -4.72. The molecule has 0 unspecified atom stereocenters. The van der Waals surface area contributed by atoms with Gasteiger partial charge in [0.2, 0.25) is 5.76 Å². The number of hydrogen-bond acceptors (Lipinski definition) is 6. The molecule has 0 aliphatic rings. The molecule has 5 aromatic rings. The van der Waals surface area contributed by atoms with E-state index in [0.29, 0.717) is 33.1 Å². The molecule has 2 heterocycles. The van der Waals surface area contributed by atoms with Gasteiger partial charge in [-0.3, -0.25) is 9.59 Å². The van der Waals surface area contributed by atoms with Crippen LogP contribution < -0.4 is 10.9 Å². The van der Waals surface area contributed by atoms with E-state index in [1.165, 1.54) is 11.8 Å². The first-order chi connectivity index (χ1) is 16.0. The van der Waals surface area contributed by atoms with Crippen LogP contribution in [0.25, 0.3) is 27.4 Å². The number of benzene rings is 3. The van der Waals surface area contributed by atoms with Crippen LogP contribution in [0.3, 0.4) is 0 Å². The number of anilines is 1. The summed E-state index contributed by atoms with van der Waals surface area (Å²) in [4.78, 5) is 38.0. The largest absolute Gasteiger partial charge is 0.463 e. The second-order valence-corrected chi connectivity index (χ2v) is 7.26. The lowest BCUT2D eigenvalue weighted by Crippen LogP contribution is -2.26. The van der Waals surface area contributed by atoms with E-state index in [-0.39, 0.29) is 17.0 Å². The number of esters is 1. The van der Waals surface area contributed by atoms with Crippen molar-refractivity contribution in [1.82, 2.24) is 9.78 Å². The van der Waals surface area contributed by atoms with Crippen LogP contribution in [0.1, 0.15) is 21.0 Å². The molecule has 0 aliphatic carbocycles. The standard InChI is InChI=1S/C25H17N3O5/c1-32-25(31)21-14-15-13-16(11-12-20(15)33-21)26-23(29)22-18-9-5-6-10-19(18)24(30)28(27-22)17-7-3-2-4-8-17/h2-14H,1H3,(H,26,29). The third-order valence-electron chi connectivity index (χ3n) is 5.18. The van der Waals surface area contributed by atoms with Crippen molar-refractivity contribution < 1.29 is 18.7 Å². The van der Waals surface area contributed by atoms with Crippen molar-refractivity contribution in [2.45, 2.75) is 0 Å². The van der Waals surface area contributed by atoms with Gasteiger partial charge >= 0.3 is 5.97 Å². The van der Waals surface area contributed by atoms with Crippen molar-refractivity contribution in [2.24, 2.45) is 0 Å². The summed E-state index contributed by atoms with van der Waals surface area (Å²) in [5.74, 6) is -0.999. The highest BCUT2D eigenvalue weighted by Crippen LogP contribution is 2.24. The Balaban J connectivity index is 1.56. The van der Waals surface area contributed by atoms with Gasteiger partial charge in [0.15, 0.2) is 5.69 Å². The minimum atomic E-state index is -0.587. The van der Waals surface area contributed by atoms with E-state index in [0.717, 1.165) is 0 Å². The highest BCUT2D eigenvalue weighted by atomic mass is 16.5. The molecule has 0 atom stereocenters. The van der Waals surface area contributed by atoms with Crippen molar-refractivity contribution in [1.29, 1.82) is 0 Å². The van der Waals surface area contributed by atoms with Gasteiger partial charge in [-0.1, -0.05) is 36.4 Å². The number of aromatic nitrogens is 2. The van der Waals surface area contributed by atoms with Crippen molar-refractivity contribution >= 4 is 39.3 Å². The number of carbonyl (C=O) groups is 2. The number of nitrogens with one attached hydrogen (secondary N) is 1. The summed E-state index contributed by atoms with van der Waals surface area (Å²) < 4.78 is 11.4. The molecule has 0 spiro atoms. The normalized spacial score (nSPS) is 10.9. The molecule has 5 rings (SSSR count). The van der Waals surface area contributed by atoms with Gasteiger partial charge in [-0.05, 0) is 42.5 Å². The highest BCUT2D eigenvalue weighted by Gasteiger charge is 2.18. The molecule has 2 aromatic heterocycles. The Morgan fingerprint density at radius 1 is 0.939 bits per heavy atom.